The minimum absolute atomic E-state index is 0.0969. The van der Waals surface area contributed by atoms with Crippen LogP contribution in [0.3, 0.4) is 0 Å². The molecule has 8 heteroatoms. The Labute approximate surface area is 207 Å². The Hall–Kier alpha value is -3.65. The highest BCUT2D eigenvalue weighted by molar-refractivity contribution is 8.02. The number of thioether (sulfide) groups is 1. The van der Waals surface area contributed by atoms with Crippen molar-refractivity contribution in [3.05, 3.63) is 89.7 Å². The van der Waals surface area contributed by atoms with Gasteiger partial charge in [-0.25, -0.2) is 4.39 Å². The number of carbonyl (C=O) groups is 3. The Morgan fingerprint density at radius 1 is 1.03 bits per heavy atom. The highest BCUT2D eigenvalue weighted by Crippen LogP contribution is 2.55. The lowest BCUT2D eigenvalue weighted by Crippen LogP contribution is -2.50. The molecular formula is C27H24FN3O3S. The van der Waals surface area contributed by atoms with Crippen LogP contribution >= 0.6 is 11.8 Å². The summed E-state index contributed by atoms with van der Waals surface area (Å²) in [4.78, 5) is 41.4. The molecule has 1 atom stereocenters. The van der Waals surface area contributed by atoms with Crippen molar-refractivity contribution in [2.75, 3.05) is 27.4 Å². The predicted molar refractivity (Wildman–Crippen MR) is 136 cm³/mol. The van der Waals surface area contributed by atoms with E-state index in [4.69, 9.17) is 0 Å². The van der Waals surface area contributed by atoms with Crippen molar-refractivity contribution in [3.8, 4) is 0 Å². The van der Waals surface area contributed by atoms with Crippen LogP contribution in [0.25, 0.3) is 0 Å². The highest BCUT2D eigenvalue weighted by Gasteiger charge is 2.61. The van der Waals surface area contributed by atoms with Crippen LogP contribution in [0, 0.1) is 5.82 Å². The fraction of sp³-hybridized carbons (Fsp3) is 0.222. The van der Waals surface area contributed by atoms with Gasteiger partial charge in [-0.3, -0.25) is 24.2 Å². The topological polar surface area (TPSA) is 69.7 Å². The van der Waals surface area contributed by atoms with Gasteiger partial charge in [0.05, 0.1) is 11.4 Å². The molecule has 0 aliphatic carbocycles. The van der Waals surface area contributed by atoms with Gasteiger partial charge in [-0.1, -0.05) is 44.2 Å². The summed E-state index contributed by atoms with van der Waals surface area (Å²) in [5, 5.41) is 2.86. The summed E-state index contributed by atoms with van der Waals surface area (Å²) in [5.74, 6) is -0.916. The molecule has 3 amide bonds. The van der Waals surface area contributed by atoms with E-state index in [-0.39, 0.29) is 30.0 Å². The van der Waals surface area contributed by atoms with Gasteiger partial charge in [0.15, 0.2) is 0 Å². The molecule has 2 heterocycles. The first-order valence-electron chi connectivity index (χ1n) is 11.3. The van der Waals surface area contributed by atoms with E-state index in [1.54, 1.807) is 24.3 Å². The second-order valence-electron chi connectivity index (χ2n) is 8.87. The minimum Gasteiger partial charge on any atom is -0.325 e. The van der Waals surface area contributed by atoms with Gasteiger partial charge in [0.1, 0.15) is 12.4 Å². The number of amides is 3. The summed E-state index contributed by atoms with van der Waals surface area (Å²) < 4.78 is 13.6. The van der Waals surface area contributed by atoms with Crippen molar-refractivity contribution < 1.29 is 18.8 Å². The number of nitrogens with zero attached hydrogens (tertiary/aromatic N) is 2. The molecule has 3 aromatic carbocycles. The average molecular weight is 490 g/mol. The number of para-hydroxylation sites is 1. The maximum absolute atomic E-state index is 13.9. The number of rotatable bonds is 5. The molecule has 35 heavy (non-hydrogen) atoms. The van der Waals surface area contributed by atoms with Crippen LogP contribution in [-0.2, 0) is 19.3 Å². The van der Waals surface area contributed by atoms with Crippen LogP contribution in [0.2, 0.25) is 0 Å². The SMILES string of the molecule is CC(C)c1ccc(NC(=O)CN2C(=O)[C@@]3(SCC(=O)N3c3ccc(F)cc3)c3ccccc32)cc1. The standard InChI is InChI=1S/C27H24FN3O3S/c1-17(2)18-7-11-20(12-8-18)29-24(32)15-30-23-6-4-3-5-22(23)27(26(30)34)31(25(33)16-35-27)21-13-9-19(28)10-14-21/h3-14,17H,15-16H2,1-2H3,(H,29,32)/t27-/m0/s1. The van der Waals surface area contributed by atoms with Gasteiger partial charge < -0.3 is 5.32 Å². The Morgan fingerprint density at radius 3 is 2.40 bits per heavy atom. The van der Waals surface area contributed by atoms with Crippen molar-refractivity contribution in [2.24, 2.45) is 0 Å². The van der Waals surface area contributed by atoms with Crippen LogP contribution in [0.4, 0.5) is 21.5 Å². The van der Waals surface area contributed by atoms with Gasteiger partial charge in [-0.2, -0.15) is 0 Å². The van der Waals surface area contributed by atoms with Crippen molar-refractivity contribution in [3.63, 3.8) is 0 Å². The number of anilines is 3. The third-order valence-corrected chi connectivity index (χ3v) is 7.70. The van der Waals surface area contributed by atoms with Crippen molar-refractivity contribution in [2.45, 2.75) is 24.6 Å². The molecular weight excluding hydrogens is 465 g/mol. The monoisotopic (exact) mass is 489 g/mol. The van der Waals surface area contributed by atoms with Gasteiger partial charge in [0, 0.05) is 16.9 Å². The maximum Gasteiger partial charge on any atom is 0.269 e. The number of hydrogen-bond acceptors (Lipinski definition) is 4. The van der Waals surface area contributed by atoms with Crippen LogP contribution in [0.15, 0.2) is 72.8 Å². The van der Waals surface area contributed by atoms with Crippen LogP contribution in [-0.4, -0.2) is 30.0 Å². The van der Waals surface area contributed by atoms with E-state index in [9.17, 15) is 18.8 Å². The van der Waals surface area contributed by atoms with E-state index >= 15 is 0 Å². The molecule has 2 aliphatic heterocycles. The van der Waals surface area contributed by atoms with E-state index in [2.05, 4.69) is 19.2 Å². The summed E-state index contributed by atoms with van der Waals surface area (Å²) in [6.45, 7) is 4.00. The zero-order valence-electron chi connectivity index (χ0n) is 19.3. The fourth-order valence-electron chi connectivity index (χ4n) is 4.60. The van der Waals surface area contributed by atoms with Crippen molar-refractivity contribution >= 4 is 46.5 Å². The summed E-state index contributed by atoms with van der Waals surface area (Å²) in [5.41, 5.74) is 3.46. The largest absolute Gasteiger partial charge is 0.325 e. The lowest BCUT2D eigenvalue weighted by atomic mass is 10.0. The number of benzene rings is 3. The van der Waals surface area contributed by atoms with E-state index < -0.39 is 10.7 Å². The van der Waals surface area contributed by atoms with Gasteiger partial charge in [-0.15, -0.1) is 11.8 Å². The van der Waals surface area contributed by atoms with Gasteiger partial charge in [0.2, 0.25) is 16.7 Å². The Morgan fingerprint density at radius 2 is 1.71 bits per heavy atom. The molecule has 3 aromatic rings. The molecule has 5 rings (SSSR count). The lowest BCUT2D eigenvalue weighted by Gasteiger charge is -2.33. The fourth-order valence-corrected chi connectivity index (χ4v) is 5.96. The molecule has 6 nitrogen and oxygen atoms in total. The Balaban J connectivity index is 1.46. The van der Waals surface area contributed by atoms with Gasteiger partial charge in [-0.05, 0) is 53.9 Å². The summed E-state index contributed by atoms with van der Waals surface area (Å²) in [7, 11) is 0. The number of nitrogens with one attached hydrogen (secondary N) is 1. The second kappa shape index (κ2) is 8.85. The molecule has 178 valence electrons. The lowest BCUT2D eigenvalue weighted by molar-refractivity contribution is -0.124. The molecule has 0 aromatic heterocycles. The smallest absolute Gasteiger partial charge is 0.269 e. The second-order valence-corrected chi connectivity index (χ2v) is 10.0. The van der Waals surface area contributed by atoms with Crippen molar-refractivity contribution in [1.82, 2.24) is 0 Å². The minimum atomic E-state index is -1.34. The molecule has 1 saturated heterocycles. The highest BCUT2D eigenvalue weighted by atomic mass is 32.2. The third-order valence-electron chi connectivity index (χ3n) is 6.31. The van der Waals surface area contributed by atoms with Gasteiger partial charge in [0.25, 0.3) is 5.91 Å². The summed E-state index contributed by atoms with van der Waals surface area (Å²) in [6.07, 6.45) is 0. The van der Waals surface area contributed by atoms with Crippen LogP contribution < -0.4 is 15.1 Å². The predicted octanol–water partition coefficient (Wildman–Crippen LogP) is 4.87. The van der Waals surface area contributed by atoms with E-state index in [1.807, 2.05) is 24.3 Å². The quantitative estimate of drug-likeness (QED) is 0.555. The summed E-state index contributed by atoms with van der Waals surface area (Å²) in [6, 6.07) is 20.3. The average Bonchev–Trinajstić information content (AvgIpc) is 3.31. The molecule has 1 N–H and O–H groups in total. The molecule has 0 saturated carbocycles. The van der Waals surface area contributed by atoms with Gasteiger partial charge >= 0.3 is 0 Å². The van der Waals surface area contributed by atoms with Crippen LogP contribution in [0.5, 0.6) is 0 Å². The zero-order valence-corrected chi connectivity index (χ0v) is 20.1. The van der Waals surface area contributed by atoms with E-state index in [0.29, 0.717) is 28.5 Å². The number of halogens is 1. The van der Waals surface area contributed by atoms with Crippen LogP contribution in [0.1, 0.15) is 30.9 Å². The molecule has 1 spiro atoms. The molecule has 2 aliphatic rings. The number of fused-ring (bicyclic) bond motifs is 2. The first kappa shape index (κ1) is 23.1. The number of hydrogen-bond donors (Lipinski definition) is 1. The Kier molecular flexibility index (Phi) is 5.84. The normalized spacial score (nSPS) is 19.1. The first-order chi connectivity index (χ1) is 16.8. The molecule has 0 radical (unpaired) electrons. The first-order valence-corrected chi connectivity index (χ1v) is 12.3. The van der Waals surface area contributed by atoms with E-state index in [0.717, 1.165) is 5.56 Å². The van der Waals surface area contributed by atoms with Crippen molar-refractivity contribution in [1.29, 1.82) is 0 Å². The molecule has 0 unspecified atom stereocenters. The maximum atomic E-state index is 13.9. The van der Waals surface area contributed by atoms with E-state index in [1.165, 1.54) is 45.8 Å². The third kappa shape index (κ3) is 3.87. The zero-order chi connectivity index (χ0) is 24.7. The Bertz CT molecular complexity index is 1310. The molecule has 1 fully saturated rings. The number of carbonyl (C=O) groups excluding carboxylic acids is 3. The summed E-state index contributed by atoms with van der Waals surface area (Å²) >= 11 is 1.22. The molecule has 0 bridgehead atoms.